The van der Waals surface area contributed by atoms with Gasteiger partial charge in [-0.2, -0.15) is 5.26 Å². The van der Waals surface area contributed by atoms with E-state index in [0.717, 1.165) is 24.0 Å². The minimum absolute atomic E-state index is 0.311. The molecule has 4 atom stereocenters. The molecule has 3 saturated carbocycles. The molecule has 0 N–H and O–H groups in total. The molecule has 3 aliphatic carbocycles. The summed E-state index contributed by atoms with van der Waals surface area (Å²) in [6.45, 7) is 7.12. The van der Waals surface area contributed by atoms with Crippen LogP contribution in [0.3, 0.4) is 0 Å². The van der Waals surface area contributed by atoms with Gasteiger partial charge in [-0.05, 0) is 54.2 Å². The van der Waals surface area contributed by atoms with Crippen molar-refractivity contribution in [3.05, 3.63) is 29.8 Å². The van der Waals surface area contributed by atoms with E-state index in [1.165, 1.54) is 6.42 Å². The van der Waals surface area contributed by atoms with Crippen molar-refractivity contribution >= 4 is 0 Å². The van der Waals surface area contributed by atoms with Crippen molar-refractivity contribution in [1.82, 2.24) is 0 Å². The molecule has 0 spiro atoms. The van der Waals surface area contributed by atoms with E-state index in [4.69, 9.17) is 10.00 Å². The standard InChI is InChI=1S/C17H21NO/c1-11-15-8-13(17(15,2)3)9-16(11)19-14-6-4-5-12(7-14)10-18/h4-7,11,13,15-16H,8-9H2,1-3H3/t11-,13+,15-,16+/m0/s1. The van der Waals surface area contributed by atoms with E-state index in [2.05, 4.69) is 26.8 Å². The van der Waals surface area contributed by atoms with Gasteiger partial charge in [0.1, 0.15) is 11.9 Å². The molecular weight excluding hydrogens is 234 g/mol. The van der Waals surface area contributed by atoms with E-state index in [1.54, 1.807) is 0 Å². The first-order valence-electron chi connectivity index (χ1n) is 7.19. The maximum absolute atomic E-state index is 8.93. The van der Waals surface area contributed by atoms with Crippen LogP contribution in [0, 0.1) is 34.5 Å². The molecule has 0 radical (unpaired) electrons. The second kappa shape index (κ2) is 4.27. The molecule has 0 amide bonds. The summed E-state index contributed by atoms with van der Waals surface area (Å²) in [4.78, 5) is 0. The summed E-state index contributed by atoms with van der Waals surface area (Å²) in [6.07, 6.45) is 2.83. The van der Waals surface area contributed by atoms with Crippen molar-refractivity contribution in [3.63, 3.8) is 0 Å². The van der Waals surface area contributed by atoms with Crippen molar-refractivity contribution < 1.29 is 4.74 Å². The zero-order valence-corrected chi connectivity index (χ0v) is 11.9. The Hall–Kier alpha value is -1.49. The minimum Gasteiger partial charge on any atom is -0.490 e. The minimum atomic E-state index is 0.311. The number of ether oxygens (including phenoxy) is 1. The summed E-state index contributed by atoms with van der Waals surface area (Å²) in [5, 5.41) is 8.93. The molecule has 1 aromatic carbocycles. The molecule has 100 valence electrons. The average molecular weight is 255 g/mol. The number of nitriles is 1. The Morgan fingerprint density at radius 1 is 1.32 bits per heavy atom. The van der Waals surface area contributed by atoms with Crippen molar-refractivity contribution in [2.75, 3.05) is 0 Å². The topological polar surface area (TPSA) is 33.0 Å². The van der Waals surface area contributed by atoms with Gasteiger partial charge in [0.05, 0.1) is 11.6 Å². The van der Waals surface area contributed by atoms with Crippen LogP contribution in [-0.2, 0) is 0 Å². The summed E-state index contributed by atoms with van der Waals surface area (Å²) < 4.78 is 6.15. The van der Waals surface area contributed by atoms with Crippen molar-refractivity contribution in [2.45, 2.75) is 39.7 Å². The zero-order chi connectivity index (χ0) is 13.6. The molecule has 0 heterocycles. The van der Waals surface area contributed by atoms with Crippen LogP contribution in [0.2, 0.25) is 0 Å². The maximum Gasteiger partial charge on any atom is 0.121 e. The van der Waals surface area contributed by atoms with Gasteiger partial charge in [0.2, 0.25) is 0 Å². The summed E-state index contributed by atoms with van der Waals surface area (Å²) in [6, 6.07) is 9.68. The second-order valence-corrected chi connectivity index (χ2v) is 6.75. The quantitative estimate of drug-likeness (QED) is 0.800. The molecule has 0 aliphatic heterocycles. The molecule has 4 rings (SSSR count). The predicted molar refractivity (Wildman–Crippen MR) is 74.7 cm³/mol. The summed E-state index contributed by atoms with van der Waals surface area (Å²) in [7, 11) is 0. The highest BCUT2D eigenvalue weighted by molar-refractivity contribution is 5.36. The second-order valence-electron chi connectivity index (χ2n) is 6.75. The Morgan fingerprint density at radius 3 is 2.74 bits per heavy atom. The summed E-state index contributed by atoms with van der Waals surface area (Å²) >= 11 is 0. The van der Waals surface area contributed by atoms with Crippen LogP contribution in [0.4, 0.5) is 0 Å². The van der Waals surface area contributed by atoms with E-state index >= 15 is 0 Å². The Labute approximate surface area is 115 Å². The van der Waals surface area contributed by atoms with Gasteiger partial charge in [0.25, 0.3) is 0 Å². The SMILES string of the molecule is C[C@@H]1[C@H](Oc2cccc(C#N)c2)C[C@H]2C[C@@H]1C2(C)C. The molecule has 0 aromatic heterocycles. The lowest BCUT2D eigenvalue weighted by Gasteiger charge is -2.61. The first-order chi connectivity index (χ1) is 9.02. The Morgan fingerprint density at radius 2 is 2.11 bits per heavy atom. The Kier molecular flexibility index (Phi) is 2.82. The van der Waals surface area contributed by atoms with Gasteiger partial charge in [-0.1, -0.05) is 26.8 Å². The molecule has 2 bridgehead atoms. The van der Waals surface area contributed by atoms with Gasteiger partial charge in [0, 0.05) is 0 Å². The fourth-order valence-corrected chi connectivity index (χ4v) is 4.07. The molecule has 3 aliphatic rings. The molecule has 0 unspecified atom stereocenters. The largest absolute Gasteiger partial charge is 0.490 e. The van der Waals surface area contributed by atoms with Crippen LogP contribution in [0.5, 0.6) is 5.75 Å². The van der Waals surface area contributed by atoms with Crippen molar-refractivity contribution in [2.24, 2.45) is 23.2 Å². The maximum atomic E-state index is 8.93. The van der Waals surface area contributed by atoms with Gasteiger partial charge in [0.15, 0.2) is 0 Å². The molecule has 0 saturated heterocycles. The van der Waals surface area contributed by atoms with Crippen molar-refractivity contribution in [3.8, 4) is 11.8 Å². The van der Waals surface area contributed by atoms with Crippen LogP contribution < -0.4 is 4.74 Å². The van der Waals surface area contributed by atoms with Crippen molar-refractivity contribution in [1.29, 1.82) is 5.26 Å². The molecule has 2 nitrogen and oxygen atoms in total. The lowest BCUT2D eigenvalue weighted by Crippen LogP contribution is -2.57. The van der Waals surface area contributed by atoms with Crippen LogP contribution >= 0.6 is 0 Å². The molecule has 1 aromatic rings. The molecular formula is C17H21NO. The lowest BCUT2D eigenvalue weighted by atomic mass is 9.45. The number of fused-ring (bicyclic) bond motifs is 2. The molecule has 2 heteroatoms. The first kappa shape index (κ1) is 12.5. The number of benzene rings is 1. The van der Waals surface area contributed by atoms with Gasteiger partial charge in [-0.3, -0.25) is 0 Å². The summed E-state index contributed by atoms with van der Waals surface area (Å²) in [5.41, 5.74) is 1.17. The Balaban J connectivity index is 1.73. The highest BCUT2D eigenvalue weighted by atomic mass is 16.5. The van der Waals surface area contributed by atoms with Gasteiger partial charge in [-0.25, -0.2) is 0 Å². The average Bonchev–Trinajstić information content (AvgIpc) is 2.40. The number of rotatable bonds is 2. The van der Waals surface area contributed by atoms with Gasteiger partial charge in [-0.15, -0.1) is 0 Å². The van der Waals surface area contributed by atoms with E-state index in [0.29, 0.717) is 23.0 Å². The van der Waals surface area contributed by atoms with Crippen LogP contribution in [0.15, 0.2) is 24.3 Å². The highest BCUT2D eigenvalue weighted by Gasteiger charge is 2.56. The molecule has 3 fully saturated rings. The van der Waals surface area contributed by atoms with Crippen LogP contribution in [-0.4, -0.2) is 6.10 Å². The van der Waals surface area contributed by atoms with E-state index in [-0.39, 0.29) is 0 Å². The fraction of sp³-hybridized carbons (Fsp3) is 0.588. The first-order valence-corrected chi connectivity index (χ1v) is 7.19. The van der Waals surface area contributed by atoms with Crippen LogP contribution in [0.25, 0.3) is 0 Å². The highest BCUT2D eigenvalue weighted by Crippen LogP contribution is 2.61. The predicted octanol–water partition coefficient (Wildman–Crippen LogP) is 4.01. The fourth-order valence-electron chi connectivity index (χ4n) is 4.07. The van der Waals surface area contributed by atoms with E-state index in [9.17, 15) is 0 Å². The third-order valence-corrected chi connectivity index (χ3v) is 5.53. The molecule has 19 heavy (non-hydrogen) atoms. The monoisotopic (exact) mass is 255 g/mol. The van der Waals surface area contributed by atoms with Gasteiger partial charge < -0.3 is 4.74 Å². The van der Waals surface area contributed by atoms with Crippen LogP contribution in [0.1, 0.15) is 39.2 Å². The number of nitrogens with zero attached hydrogens (tertiary/aromatic N) is 1. The number of hydrogen-bond donors (Lipinski definition) is 0. The van der Waals surface area contributed by atoms with E-state index < -0.39 is 0 Å². The van der Waals surface area contributed by atoms with Gasteiger partial charge >= 0.3 is 0 Å². The Bertz CT molecular complexity index is 528. The third kappa shape index (κ3) is 1.92. The summed E-state index contributed by atoms with van der Waals surface area (Å²) in [5.74, 6) is 3.04. The normalized spacial score (nSPS) is 35.1. The third-order valence-electron chi connectivity index (χ3n) is 5.53. The van der Waals surface area contributed by atoms with E-state index in [1.807, 2.05) is 24.3 Å². The number of hydrogen-bond acceptors (Lipinski definition) is 2. The zero-order valence-electron chi connectivity index (χ0n) is 11.9. The lowest BCUT2D eigenvalue weighted by molar-refractivity contribution is -0.147. The smallest absolute Gasteiger partial charge is 0.121 e.